The Morgan fingerprint density at radius 3 is 2.32 bits per heavy atom. The maximum absolute atomic E-state index is 12.7. The van der Waals surface area contributed by atoms with Crippen molar-refractivity contribution in [2.75, 3.05) is 11.5 Å². The zero-order chi connectivity index (χ0) is 20.3. The fourth-order valence-electron chi connectivity index (χ4n) is 2.45. The number of urea groups is 1. The summed E-state index contributed by atoms with van der Waals surface area (Å²) in [5.74, 6) is -2.63. The van der Waals surface area contributed by atoms with Gasteiger partial charge in [-0.25, -0.2) is 9.69 Å². The molecule has 0 unspecified atom stereocenters. The largest absolute Gasteiger partial charge is 0.546 e. The Morgan fingerprint density at radius 2 is 1.71 bits per heavy atom. The zero-order valence-electron chi connectivity index (χ0n) is 14.2. The Labute approximate surface area is 167 Å². The summed E-state index contributed by atoms with van der Waals surface area (Å²) in [6.45, 7) is -0.592. The molecule has 3 rings (SSSR count). The number of nitrogens with one attached hydrogen (secondary N) is 1. The quantitative estimate of drug-likeness (QED) is 0.548. The van der Waals surface area contributed by atoms with E-state index in [4.69, 9.17) is 4.74 Å². The van der Waals surface area contributed by atoms with Crippen LogP contribution in [0.3, 0.4) is 0 Å². The summed E-state index contributed by atoms with van der Waals surface area (Å²) < 4.78 is 5.74. The van der Waals surface area contributed by atoms with Crippen molar-refractivity contribution in [3.05, 3.63) is 64.1 Å². The average molecular weight is 444 g/mol. The third-order valence-electron chi connectivity index (χ3n) is 3.73. The number of carboxylic acid groups (broad SMARTS) is 1. The van der Waals surface area contributed by atoms with Gasteiger partial charge in [-0.3, -0.25) is 14.9 Å². The van der Waals surface area contributed by atoms with Gasteiger partial charge in [0, 0.05) is 4.47 Å². The lowest BCUT2D eigenvalue weighted by Gasteiger charge is -2.26. The first-order chi connectivity index (χ1) is 13.3. The number of carboxylic acids is 1. The van der Waals surface area contributed by atoms with Crippen LogP contribution in [0.15, 0.2) is 58.6 Å². The molecule has 0 radical (unpaired) electrons. The van der Waals surface area contributed by atoms with Crippen LogP contribution < -0.4 is 20.1 Å². The van der Waals surface area contributed by atoms with Crippen LogP contribution in [-0.4, -0.2) is 30.4 Å². The monoisotopic (exact) mass is 443 g/mol. The van der Waals surface area contributed by atoms with E-state index in [1.807, 2.05) is 0 Å². The van der Waals surface area contributed by atoms with E-state index in [0.29, 0.717) is 11.3 Å². The Morgan fingerprint density at radius 1 is 1.07 bits per heavy atom. The van der Waals surface area contributed by atoms with Crippen LogP contribution in [0.25, 0.3) is 6.08 Å². The number of aliphatic carboxylic acids is 1. The maximum Gasteiger partial charge on any atom is 0.335 e. The van der Waals surface area contributed by atoms with Crippen LogP contribution in [0.1, 0.15) is 5.56 Å². The van der Waals surface area contributed by atoms with E-state index in [9.17, 15) is 24.3 Å². The number of carbonyl (C=O) groups excluding carboxylic acids is 4. The molecule has 4 amide bonds. The number of ether oxygens (including phenoxy) is 1. The van der Waals surface area contributed by atoms with E-state index in [2.05, 4.69) is 21.2 Å². The fraction of sp³-hybridized carbons (Fsp3) is 0.0526. The van der Waals surface area contributed by atoms with Gasteiger partial charge in [-0.1, -0.05) is 28.1 Å². The van der Waals surface area contributed by atoms with Crippen LogP contribution in [0.2, 0.25) is 0 Å². The number of benzene rings is 2. The Hall–Kier alpha value is -3.46. The van der Waals surface area contributed by atoms with E-state index in [1.54, 1.807) is 36.4 Å². The van der Waals surface area contributed by atoms with E-state index in [-0.39, 0.29) is 11.3 Å². The van der Waals surface area contributed by atoms with Crippen LogP contribution in [-0.2, 0) is 14.4 Å². The van der Waals surface area contributed by atoms with Gasteiger partial charge in [0.05, 0.1) is 11.7 Å². The third-order valence-corrected chi connectivity index (χ3v) is 4.26. The standard InChI is InChI=1S/C19H13BrN2O6/c20-12-3-5-13(6-4-12)22-18(26)15(17(25)21-19(22)27)9-11-1-7-14(8-2-11)28-10-16(23)24/h1-9H,10H2,(H,23,24)(H,21,25,27)/p-1/b15-9-. The van der Waals surface area contributed by atoms with E-state index in [1.165, 1.54) is 18.2 Å². The highest BCUT2D eigenvalue weighted by Gasteiger charge is 2.36. The first-order valence-electron chi connectivity index (χ1n) is 7.95. The van der Waals surface area contributed by atoms with Crippen LogP contribution in [0, 0.1) is 0 Å². The van der Waals surface area contributed by atoms with Gasteiger partial charge < -0.3 is 14.6 Å². The molecule has 9 heteroatoms. The molecular weight excluding hydrogens is 432 g/mol. The molecule has 0 aliphatic carbocycles. The number of hydrogen-bond donors (Lipinski definition) is 1. The van der Waals surface area contributed by atoms with Gasteiger partial charge in [-0.15, -0.1) is 0 Å². The lowest BCUT2D eigenvalue weighted by atomic mass is 10.1. The molecule has 0 atom stereocenters. The molecule has 0 saturated carbocycles. The summed E-state index contributed by atoms with van der Waals surface area (Å²) in [7, 11) is 0. The molecule has 28 heavy (non-hydrogen) atoms. The molecule has 1 N–H and O–H groups in total. The van der Waals surface area contributed by atoms with Crippen LogP contribution >= 0.6 is 15.9 Å². The molecule has 2 aromatic carbocycles. The van der Waals surface area contributed by atoms with Crippen molar-refractivity contribution in [1.29, 1.82) is 0 Å². The van der Waals surface area contributed by atoms with E-state index >= 15 is 0 Å². The summed E-state index contributed by atoms with van der Waals surface area (Å²) in [6, 6.07) is 11.7. The molecule has 8 nitrogen and oxygen atoms in total. The fourth-order valence-corrected chi connectivity index (χ4v) is 2.72. The van der Waals surface area contributed by atoms with Crippen molar-refractivity contribution in [2.45, 2.75) is 0 Å². The zero-order valence-corrected chi connectivity index (χ0v) is 15.8. The van der Waals surface area contributed by atoms with Crippen molar-refractivity contribution in [2.24, 2.45) is 0 Å². The van der Waals surface area contributed by atoms with Gasteiger partial charge in [0.25, 0.3) is 11.8 Å². The van der Waals surface area contributed by atoms with E-state index in [0.717, 1.165) is 9.37 Å². The van der Waals surface area contributed by atoms with Gasteiger partial charge in [-0.2, -0.15) is 0 Å². The predicted octanol–water partition coefficient (Wildman–Crippen LogP) is 1.24. The van der Waals surface area contributed by atoms with Gasteiger partial charge in [0.1, 0.15) is 17.9 Å². The molecular formula is C19H12BrN2O6-. The number of amides is 4. The average Bonchev–Trinajstić information content (AvgIpc) is 2.66. The normalized spacial score (nSPS) is 15.5. The number of rotatable bonds is 5. The molecule has 2 aromatic rings. The summed E-state index contributed by atoms with van der Waals surface area (Å²) in [6.07, 6.45) is 1.33. The molecule has 0 spiro atoms. The van der Waals surface area contributed by atoms with Crippen molar-refractivity contribution >= 4 is 51.5 Å². The Kier molecular flexibility index (Phi) is 5.55. The van der Waals surface area contributed by atoms with E-state index < -0.39 is 30.4 Å². The summed E-state index contributed by atoms with van der Waals surface area (Å²) in [5.41, 5.74) is 0.588. The van der Waals surface area contributed by atoms with Crippen molar-refractivity contribution in [3.63, 3.8) is 0 Å². The lowest BCUT2D eigenvalue weighted by molar-refractivity contribution is -0.307. The van der Waals surface area contributed by atoms with Crippen molar-refractivity contribution in [1.82, 2.24) is 5.32 Å². The van der Waals surface area contributed by atoms with Gasteiger partial charge >= 0.3 is 6.03 Å². The first kappa shape index (κ1) is 19.3. The first-order valence-corrected chi connectivity index (χ1v) is 8.74. The highest BCUT2D eigenvalue weighted by atomic mass is 79.9. The minimum absolute atomic E-state index is 0.217. The predicted molar refractivity (Wildman–Crippen MR) is 100 cm³/mol. The molecule has 142 valence electrons. The Balaban J connectivity index is 1.86. The van der Waals surface area contributed by atoms with Crippen LogP contribution in [0.5, 0.6) is 5.75 Å². The van der Waals surface area contributed by atoms with Crippen molar-refractivity contribution < 1.29 is 29.0 Å². The van der Waals surface area contributed by atoms with Gasteiger partial charge in [0.2, 0.25) is 0 Å². The minimum Gasteiger partial charge on any atom is -0.546 e. The minimum atomic E-state index is -1.35. The number of halogens is 1. The highest BCUT2D eigenvalue weighted by molar-refractivity contribution is 9.10. The SMILES string of the molecule is O=C([O-])COc1ccc(/C=C2/C(=O)NC(=O)N(c3ccc(Br)cc3)C2=O)cc1. The second kappa shape index (κ2) is 8.05. The summed E-state index contributed by atoms with van der Waals surface area (Å²) >= 11 is 3.27. The topological polar surface area (TPSA) is 116 Å². The number of imide groups is 2. The maximum atomic E-state index is 12.7. The van der Waals surface area contributed by atoms with Gasteiger partial charge in [-0.05, 0) is 48.0 Å². The van der Waals surface area contributed by atoms with Crippen LogP contribution in [0.4, 0.5) is 10.5 Å². The molecule has 0 bridgehead atoms. The summed E-state index contributed by atoms with van der Waals surface area (Å²) in [4.78, 5) is 48.3. The molecule has 0 aromatic heterocycles. The summed E-state index contributed by atoms with van der Waals surface area (Å²) in [5, 5.41) is 12.5. The highest BCUT2D eigenvalue weighted by Crippen LogP contribution is 2.24. The smallest absolute Gasteiger partial charge is 0.335 e. The molecule has 1 aliphatic rings. The number of hydrogen-bond acceptors (Lipinski definition) is 6. The second-order valence-electron chi connectivity index (χ2n) is 5.66. The number of anilines is 1. The second-order valence-corrected chi connectivity index (χ2v) is 6.58. The van der Waals surface area contributed by atoms with Crippen molar-refractivity contribution in [3.8, 4) is 5.75 Å². The van der Waals surface area contributed by atoms with Gasteiger partial charge in [0.15, 0.2) is 0 Å². The lowest BCUT2D eigenvalue weighted by Crippen LogP contribution is -2.54. The number of barbiturate groups is 1. The molecule has 1 saturated heterocycles. The number of carbonyl (C=O) groups is 4. The molecule has 1 aliphatic heterocycles. The molecule has 1 fully saturated rings. The Bertz CT molecular complexity index is 982. The number of nitrogens with zero attached hydrogens (tertiary/aromatic N) is 1. The molecule has 1 heterocycles. The third kappa shape index (κ3) is 4.26.